The van der Waals surface area contributed by atoms with Crippen molar-refractivity contribution in [2.45, 2.75) is 32.2 Å². The van der Waals surface area contributed by atoms with Gasteiger partial charge < -0.3 is 5.32 Å². The fraction of sp³-hybridized carbons (Fsp3) is 0.462. The Hall–Kier alpha value is -0.830. The minimum atomic E-state index is 0.0951. The average molecular weight is 284 g/mol. The summed E-state index contributed by atoms with van der Waals surface area (Å²) in [7, 11) is 0. The van der Waals surface area contributed by atoms with Gasteiger partial charge in [-0.15, -0.1) is 0 Å². The quantitative estimate of drug-likeness (QED) is 0.629. The van der Waals surface area contributed by atoms with E-state index in [-0.39, 0.29) is 11.9 Å². The van der Waals surface area contributed by atoms with Crippen molar-refractivity contribution in [2.75, 3.05) is 5.33 Å². The molecule has 0 aliphatic carbocycles. The van der Waals surface area contributed by atoms with Crippen LogP contribution < -0.4 is 5.32 Å². The third kappa shape index (κ3) is 4.79. The molecule has 0 aliphatic rings. The van der Waals surface area contributed by atoms with Gasteiger partial charge in [0.1, 0.15) is 0 Å². The van der Waals surface area contributed by atoms with Gasteiger partial charge >= 0.3 is 0 Å². The van der Waals surface area contributed by atoms with Crippen LogP contribution in [0.15, 0.2) is 30.3 Å². The number of hydrogen-bond donors (Lipinski definition) is 1. The van der Waals surface area contributed by atoms with E-state index in [0.29, 0.717) is 6.42 Å². The molecule has 1 amide bonds. The predicted octanol–water partition coefficient (Wildman–Crippen LogP) is 3.43. The molecule has 0 unspecified atom stereocenters. The van der Waals surface area contributed by atoms with Gasteiger partial charge in [0.05, 0.1) is 6.04 Å². The zero-order valence-electron chi connectivity index (χ0n) is 9.58. The van der Waals surface area contributed by atoms with Crippen LogP contribution in [-0.4, -0.2) is 11.2 Å². The van der Waals surface area contributed by atoms with E-state index in [1.54, 1.807) is 0 Å². The van der Waals surface area contributed by atoms with E-state index >= 15 is 0 Å². The molecular weight excluding hydrogens is 266 g/mol. The lowest BCUT2D eigenvalue weighted by atomic mass is 10.1. The lowest BCUT2D eigenvalue weighted by molar-refractivity contribution is -0.121. The molecule has 0 fully saturated rings. The Kier molecular flexibility index (Phi) is 6.16. The largest absolute Gasteiger partial charge is 0.350 e. The van der Waals surface area contributed by atoms with E-state index in [9.17, 15) is 4.79 Å². The molecule has 0 heterocycles. The molecule has 16 heavy (non-hydrogen) atoms. The predicted molar refractivity (Wildman–Crippen MR) is 70.6 cm³/mol. The van der Waals surface area contributed by atoms with Gasteiger partial charge in [0.25, 0.3) is 0 Å². The van der Waals surface area contributed by atoms with Gasteiger partial charge in [0.2, 0.25) is 5.91 Å². The number of amides is 1. The monoisotopic (exact) mass is 283 g/mol. The summed E-state index contributed by atoms with van der Waals surface area (Å²) in [6.45, 7) is 2.01. The van der Waals surface area contributed by atoms with Crippen LogP contribution in [0.3, 0.4) is 0 Å². The minimum Gasteiger partial charge on any atom is -0.350 e. The molecule has 3 heteroatoms. The van der Waals surface area contributed by atoms with Crippen molar-refractivity contribution in [1.29, 1.82) is 0 Å². The van der Waals surface area contributed by atoms with Gasteiger partial charge in [0.15, 0.2) is 0 Å². The van der Waals surface area contributed by atoms with Gasteiger partial charge in [-0.2, -0.15) is 0 Å². The molecule has 1 aromatic rings. The lowest BCUT2D eigenvalue weighted by Gasteiger charge is -2.14. The van der Waals surface area contributed by atoms with Crippen LogP contribution in [0.4, 0.5) is 0 Å². The lowest BCUT2D eigenvalue weighted by Crippen LogP contribution is -2.26. The summed E-state index contributed by atoms with van der Waals surface area (Å²) < 4.78 is 0. The first kappa shape index (κ1) is 13.2. The number of nitrogens with one attached hydrogen (secondary N) is 1. The van der Waals surface area contributed by atoms with E-state index in [4.69, 9.17) is 0 Å². The first-order valence-corrected chi connectivity index (χ1v) is 6.76. The van der Waals surface area contributed by atoms with Crippen molar-refractivity contribution >= 4 is 21.8 Å². The first-order valence-electron chi connectivity index (χ1n) is 5.64. The summed E-state index contributed by atoms with van der Waals surface area (Å²) in [4.78, 5) is 11.6. The van der Waals surface area contributed by atoms with Gasteiger partial charge in [-0.1, -0.05) is 46.3 Å². The number of unbranched alkanes of at least 4 members (excludes halogenated alkanes) is 1. The SMILES string of the molecule is C[C@@H](NC(=O)CCCCBr)c1ccccc1. The summed E-state index contributed by atoms with van der Waals surface area (Å²) in [5.74, 6) is 0.136. The summed E-state index contributed by atoms with van der Waals surface area (Å²) in [6, 6.07) is 10.1. The molecule has 88 valence electrons. The maximum absolute atomic E-state index is 11.6. The molecule has 0 saturated heterocycles. The fourth-order valence-corrected chi connectivity index (χ4v) is 1.92. The zero-order chi connectivity index (χ0) is 11.8. The van der Waals surface area contributed by atoms with Crippen molar-refractivity contribution < 1.29 is 4.79 Å². The summed E-state index contributed by atoms with van der Waals surface area (Å²) in [5.41, 5.74) is 1.15. The maximum Gasteiger partial charge on any atom is 0.220 e. The summed E-state index contributed by atoms with van der Waals surface area (Å²) in [6.07, 6.45) is 2.61. The minimum absolute atomic E-state index is 0.0951. The first-order chi connectivity index (χ1) is 7.74. The standard InChI is InChI=1S/C13H18BrNO/c1-11(12-7-3-2-4-8-12)15-13(16)9-5-6-10-14/h2-4,7-8,11H,5-6,9-10H2,1H3,(H,15,16)/t11-/m1/s1. The highest BCUT2D eigenvalue weighted by atomic mass is 79.9. The van der Waals surface area contributed by atoms with E-state index in [1.807, 2.05) is 37.3 Å². The highest BCUT2D eigenvalue weighted by Gasteiger charge is 2.08. The van der Waals surface area contributed by atoms with Crippen LogP contribution in [0, 0.1) is 0 Å². The summed E-state index contributed by atoms with van der Waals surface area (Å²) in [5, 5.41) is 3.97. The van der Waals surface area contributed by atoms with Crippen LogP contribution in [0.5, 0.6) is 0 Å². The smallest absolute Gasteiger partial charge is 0.220 e. The van der Waals surface area contributed by atoms with E-state index in [1.165, 1.54) is 0 Å². The molecule has 0 saturated carbocycles. The van der Waals surface area contributed by atoms with E-state index in [0.717, 1.165) is 23.7 Å². The van der Waals surface area contributed by atoms with Crippen LogP contribution in [0.1, 0.15) is 37.8 Å². The molecule has 0 radical (unpaired) electrons. The van der Waals surface area contributed by atoms with Crippen LogP contribution in [-0.2, 0) is 4.79 Å². The Morgan fingerprint density at radius 3 is 2.62 bits per heavy atom. The number of hydrogen-bond acceptors (Lipinski definition) is 1. The van der Waals surface area contributed by atoms with Gasteiger partial charge in [-0.3, -0.25) is 4.79 Å². The van der Waals surface area contributed by atoms with Crippen LogP contribution in [0.25, 0.3) is 0 Å². The Balaban J connectivity index is 2.34. The molecule has 0 aromatic heterocycles. The molecular formula is C13H18BrNO. The normalized spacial score (nSPS) is 12.1. The van der Waals surface area contributed by atoms with Crippen molar-refractivity contribution in [3.63, 3.8) is 0 Å². The maximum atomic E-state index is 11.6. The second kappa shape index (κ2) is 7.44. The highest BCUT2D eigenvalue weighted by Crippen LogP contribution is 2.11. The van der Waals surface area contributed by atoms with Crippen LogP contribution >= 0.6 is 15.9 Å². The zero-order valence-corrected chi connectivity index (χ0v) is 11.2. The van der Waals surface area contributed by atoms with Gasteiger partial charge in [-0.05, 0) is 25.3 Å². The number of halogens is 1. The molecule has 0 spiro atoms. The number of alkyl halides is 1. The van der Waals surface area contributed by atoms with Crippen molar-refractivity contribution in [2.24, 2.45) is 0 Å². The Morgan fingerprint density at radius 2 is 2.00 bits per heavy atom. The second-order valence-electron chi connectivity index (χ2n) is 3.85. The van der Waals surface area contributed by atoms with Gasteiger partial charge in [0, 0.05) is 11.8 Å². The summed E-state index contributed by atoms with van der Waals surface area (Å²) >= 11 is 3.36. The molecule has 1 rings (SSSR count). The molecule has 1 N–H and O–H groups in total. The fourth-order valence-electron chi connectivity index (χ4n) is 1.52. The third-order valence-electron chi connectivity index (χ3n) is 2.46. The number of carbonyl (C=O) groups is 1. The molecule has 0 bridgehead atoms. The van der Waals surface area contributed by atoms with Crippen molar-refractivity contribution in [3.05, 3.63) is 35.9 Å². The Bertz CT molecular complexity index is 313. The average Bonchev–Trinajstić information content (AvgIpc) is 2.30. The molecule has 0 aliphatic heterocycles. The Labute approximate surface area is 106 Å². The van der Waals surface area contributed by atoms with Crippen molar-refractivity contribution in [3.8, 4) is 0 Å². The Morgan fingerprint density at radius 1 is 1.31 bits per heavy atom. The van der Waals surface area contributed by atoms with E-state index in [2.05, 4.69) is 21.2 Å². The third-order valence-corrected chi connectivity index (χ3v) is 3.03. The van der Waals surface area contributed by atoms with Crippen LogP contribution in [0.2, 0.25) is 0 Å². The second-order valence-corrected chi connectivity index (χ2v) is 4.64. The topological polar surface area (TPSA) is 29.1 Å². The number of benzene rings is 1. The van der Waals surface area contributed by atoms with Crippen molar-refractivity contribution in [1.82, 2.24) is 5.32 Å². The molecule has 1 atom stereocenters. The number of rotatable bonds is 6. The number of carbonyl (C=O) groups excluding carboxylic acids is 1. The van der Waals surface area contributed by atoms with E-state index < -0.39 is 0 Å². The molecule has 2 nitrogen and oxygen atoms in total. The van der Waals surface area contributed by atoms with Gasteiger partial charge in [-0.25, -0.2) is 0 Å². The highest BCUT2D eigenvalue weighted by molar-refractivity contribution is 9.09. The molecule has 1 aromatic carbocycles.